The number of carbonyl (C=O) groups is 2. The summed E-state index contributed by atoms with van der Waals surface area (Å²) in [4.78, 5) is 24.6. The molecule has 0 radical (unpaired) electrons. The molecule has 2 heterocycles. The molecule has 2 amide bonds. The largest absolute Gasteiger partial charge is 0.495 e. The maximum Gasteiger partial charge on any atom is 0.262 e. The zero-order valence-corrected chi connectivity index (χ0v) is 18.7. The normalized spacial score (nSPS) is 18.8. The number of methoxy groups -OCH3 is 1. The summed E-state index contributed by atoms with van der Waals surface area (Å²) in [5.74, 6) is -0.119. The van der Waals surface area contributed by atoms with Crippen molar-refractivity contribution in [2.45, 2.75) is 24.7 Å². The Bertz CT molecular complexity index is 1160. The van der Waals surface area contributed by atoms with Crippen LogP contribution in [0.15, 0.2) is 41.3 Å². The maximum atomic E-state index is 13.2. The highest BCUT2D eigenvalue weighted by molar-refractivity contribution is 7.89. The molecule has 2 aliphatic rings. The summed E-state index contributed by atoms with van der Waals surface area (Å²) >= 11 is 0. The zero-order valence-electron chi connectivity index (χ0n) is 17.9. The van der Waals surface area contributed by atoms with Crippen molar-refractivity contribution in [1.82, 2.24) is 4.31 Å². The average molecular weight is 460 g/mol. The van der Waals surface area contributed by atoms with Gasteiger partial charge in [0.2, 0.25) is 15.9 Å². The van der Waals surface area contributed by atoms with Gasteiger partial charge in [0.1, 0.15) is 11.5 Å². The molecule has 10 heteroatoms. The van der Waals surface area contributed by atoms with E-state index in [1.807, 2.05) is 19.1 Å². The molecule has 0 bridgehead atoms. The number of anilines is 2. The van der Waals surface area contributed by atoms with E-state index in [1.54, 1.807) is 6.07 Å². The van der Waals surface area contributed by atoms with E-state index < -0.39 is 15.9 Å². The molecular formula is C22H25N3O6S. The molecule has 0 aromatic heterocycles. The highest BCUT2D eigenvalue weighted by Gasteiger charge is 2.34. The van der Waals surface area contributed by atoms with Gasteiger partial charge in [-0.1, -0.05) is 6.07 Å². The summed E-state index contributed by atoms with van der Waals surface area (Å²) in [5.41, 5.74) is 1.85. The molecule has 2 aromatic rings. The lowest BCUT2D eigenvalue weighted by Crippen LogP contribution is -2.43. The molecule has 1 atom stereocenters. The molecular weight excluding hydrogens is 434 g/mol. The molecule has 2 N–H and O–H groups in total. The minimum Gasteiger partial charge on any atom is -0.495 e. The van der Waals surface area contributed by atoms with Gasteiger partial charge in [-0.25, -0.2) is 8.42 Å². The summed E-state index contributed by atoms with van der Waals surface area (Å²) in [6.07, 6.45) is 1.15. The van der Waals surface area contributed by atoms with Crippen LogP contribution in [-0.2, 0) is 19.6 Å². The fourth-order valence-corrected chi connectivity index (χ4v) is 5.45. The number of hydrogen-bond acceptors (Lipinski definition) is 6. The molecule has 0 aliphatic carbocycles. The second-order valence-electron chi connectivity index (χ2n) is 7.89. The first-order valence-corrected chi connectivity index (χ1v) is 11.7. The second kappa shape index (κ2) is 8.79. The van der Waals surface area contributed by atoms with Crippen molar-refractivity contribution < 1.29 is 27.5 Å². The Hall–Kier alpha value is -3.11. The van der Waals surface area contributed by atoms with E-state index in [1.165, 1.54) is 29.6 Å². The van der Waals surface area contributed by atoms with Crippen molar-refractivity contribution in [3.05, 3.63) is 42.0 Å². The molecule has 170 valence electrons. The Morgan fingerprint density at radius 3 is 2.84 bits per heavy atom. The number of nitrogens with one attached hydrogen (secondary N) is 2. The third-order valence-corrected chi connectivity index (χ3v) is 7.45. The van der Waals surface area contributed by atoms with Gasteiger partial charge in [0, 0.05) is 13.1 Å². The van der Waals surface area contributed by atoms with Gasteiger partial charge in [-0.15, -0.1) is 0 Å². The quantitative estimate of drug-likeness (QED) is 0.710. The first-order chi connectivity index (χ1) is 15.3. The molecule has 32 heavy (non-hydrogen) atoms. The number of sulfonamides is 1. The summed E-state index contributed by atoms with van der Waals surface area (Å²) in [6.45, 7) is 2.20. The van der Waals surface area contributed by atoms with Crippen LogP contribution in [0.25, 0.3) is 0 Å². The summed E-state index contributed by atoms with van der Waals surface area (Å²) in [6, 6.07) is 9.85. The van der Waals surface area contributed by atoms with Crippen molar-refractivity contribution in [3.63, 3.8) is 0 Å². The zero-order chi connectivity index (χ0) is 22.9. The van der Waals surface area contributed by atoms with Crippen LogP contribution in [0.2, 0.25) is 0 Å². The van der Waals surface area contributed by atoms with Gasteiger partial charge in [0.15, 0.2) is 6.61 Å². The summed E-state index contributed by atoms with van der Waals surface area (Å²) < 4.78 is 38.4. The van der Waals surface area contributed by atoms with E-state index in [4.69, 9.17) is 9.47 Å². The summed E-state index contributed by atoms with van der Waals surface area (Å²) in [7, 11) is -2.32. The lowest BCUT2D eigenvalue weighted by atomic mass is 9.98. The topological polar surface area (TPSA) is 114 Å². The standard InChI is InChI=1S/C22H25N3O6S/c1-14-5-7-19(30-2)17(10-14)24-22(27)15-4-3-9-25(12-15)32(28,29)16-6-8-20-18(11-16)23-21(26)13-31-20/h5-8,10-11,15H,3-4,9,12-13H2,1-2H3,(H,23,26)(H,24,27). The number of amides is 2. The molecule has 2 aliphatic heterocycles. The highest BCUT2D eigenvalue weighted by atomic mass is 32.2. The van der Waals surface area contributed by atoms with Crippen LogP contribution in [0.5, 0.6) is 11.5 Å². The van der Waals surface area contributed by atoms with Crippen LogP contribution >= 0.6 is 0 Å². The molecule has 0 spiro atoms. The van der Waals surface area contributed by atoms with Crippen molar-refractivity contribution in [1.29, 1.82) is 0 Å². The summed E-state index contributed by atoms with van der Waals surface area (Å²) in [5, 5.41) is 5.50. The average Bonchev–Trinajstić information content (AvgIpc) is 2.78. The predicted octanol–water partition coefficient (Wildman–Crippen LogP) is 2.37. The van der Waals surface area contributed by atoms with Crippen LogP contribution in [-0.4, -0.2) is 51.3 Å². The molecule has 9 nitrogen and oxygen atoms in total. The number of ether oxygens (including phenoxy) is 2. The van der Waals surface area contributed by atoms with E-state index in [-0.39, 0.29) is 29.9 Å². The van der Waals surface area contributed by atoms with Gasteiger partial charge < -0.3 is 20.1 Å². The van der Waals surface area contributed by atoms with E-state index in [0.29, 0.717) is 42.3 Å². The third kappa shape index (κ3) is 4.42. The molecule has 1 unspecified atom stereocenters. The molecule has 1 fully saturated rings. The number of nitrogens with zero attached hydrogens (tertiary/aromatic N) is 1. The number of benzene rings is 2. The Morgan fingerprint density at radius 1 is 1.25 bits per heavy atom. The van der Waals surface area contributed by atoms with Crippen molar-refractivity contribution in [3.8, 4) is 11.5 Å². The van der Waals surface area contributed by atoms with Gasteiger partial charge in [0.05, 0.1) is 29.3 Å². The van der Waals surface area contributed by atoms with Crippen LogP contribution in [0.4, 0.5) is 11.4 Å². The molecule has 4 rings (SSSR count). The fraction of sp³-hybridized carbons (Fsp3) is 0.364. The van der Waals surface area contributed by atoms with Crippen molar-refractivity contribution in [2.75, 3.05) is 37.4 Å². The number of fused-ring (bicyclic) bond motifs is 1. The van der Waals surface area contributed by atoms with E-state index in [0.717, 1.165) is 5.56 Å². The number of piperidine rings is 1. The Morgan fingerprint density at radius 2 is 2.06 bits per heavy atom. The third-order valence-electron chi connectivity index (χ3n) is 5.59. The predicted molar refractivity (Wildman–Crippen MR) is 118 cm³/mol. The van der Waals surface area contributed by atoms with Crippen molar-refractivity contribution in [2.24, 2.45) is 5.92 Å². The second-order valence-corrected chi connectivity index (χ2v) is 9.83. The van der Waals surface area contributed by atoms with Crippen LogP contribution < -0.4 is 20.1 Å². The van der Waals surface area contributed by atoms with Gasteiger partial charge in [-0.05, 0) is 55.7 Å². The first kappa shape index (κ1) is 22.1. The Labute approximate surface area is 186 Å². The number of hydrogen-bond donors (Lipinski definition) is 2. The number of aryl methyl sites for hydroxylation is 1. The van der Waals surface area contributed by atoms with E-state index in [9.17, 15) is 18.0 Å². The van der Waals surface area contributed by atoms with Gasteiger partial charge in [-0.3, -0.25) is 9.59 Å². The molecule has 0 saturated carbocycles. The maximum absolute atomic E-state index is 13.2. The van der Waals surface area contributed by atoms with Crippen LogP contribution in [0.1, 0.15) is 18.4 Å². The monoisotopic (exact) mass is 459 g/mol. The van der Waals surface area contributed by atoms with E-state index >= 15 is 0 Å². The number of rotatable bonds is 5. The SMILES string of the molecule is COc1ccc(C)cc1NC(=O)C1CCCN(S(=O)(=O)c2ccc3c(c2)NC(=O)CO3)C1. The Balaban J connectivity index is 1.51. The van der Waals surface area contributed by atoms with Crippen LogP contribution in [0, 0.1) is 12.8 Å². The molecule has 2 aromatic carbocycles. The highest BCUT2D eigenvalue weighted by Crippen LogP contribution is 2.33. The van der Waals surface area contributed by atoms with Crippen molar-refractivity contribution >= 4 is 33.2 Å². The van der Waals surface area contributed by atoms with Gasteiger partial charge >= 0.3 is 0 Å². The van der Waals surface area contributed by atoms with Gasteiger partial charge in [-0.2, -0.15) is 4.31 Å². The lowest BCUT2D eigenvalue weighted by Gasteiger charge is -2.31. The minimum absolute atomic E-state index is 0.0449. The number of carbonyl (C=O) groups excluding carboxylic acids is 2. The smallest absolute Gasteiger partial charge is 0.262 e. The van der Waals surface area contributed by atoms with E-state index in [2.05, 4.69) is 10.6 Å². The molecule has 1 saturated heterocycles. The van der Waals surface area contributed by atoms with Crippen LogP contribution in [0.3, 0.4) is 0 Å². The van der Waals surface area contributed by atoms with Gasteiger partial charge in [0.25, 0.3) is 5.91 Å². The first-order valence-electron chi connectivity index (χ1n) is 10.3. The lowest BCUT2D eigenvalue weighted by molar-refractivity contribution is -0.121. The Kier molecular flexibility index (Phi) is 6.07. The fourth-order valence-electron chi connectivity index (χ4n) is 3.90. The minimum atomic E-state index is -3.85.